The zero-order chi connectivity index (χ0) is 22.4. The minimum atomic E-state index is 0.0148. The van der Waals surface area contributed by atoms with Crippen molar-refractivity contribution in [2.45, 2.75) is 32.4 Å². The predicted octanol–water partition coefficient (Wildman–Crippen LogP) is 3.65. The number of carbonyl (C=O) groups excluding carboxylic acids is 1. The van der Waals surface area contributed by atoms with Gasteiger partial charge in [0.25, 0.3) is 5.91 Å². The number of nitriles is 1. The van der Waals surface area contributed by atoms with E-state index in [1.165, 1.54) is 0 Å². The lowest BCUT2D eigenvalue weighted by Gasteiger charge is -2.30. The normalized spacial score (nSPS) is 16.6. The van der Waals surface area contributed by atoms with Gasteiger partial charge in [-0.05, 0) is 62.2 Å². The molecular weight excluding hydrogens is 400 g/mol. The van der Waals surface area contributed by atoms with Gasteiger partial charge in [-0.2, -0.15) is 5.26 Å². The smallest absolute Gasteiger partial charge is 0.253 e. The Morgan fingerprint density at radius 3 is 2.78 bits per heavy atom. The van der Waals surface area contributed by atoms with Crippen LogP contribution in [-0.4, -0.2) is 44.1 Å². The third kappa shape index (κ3) is 3.24. The molecule has 2 aromatic carbocycles. The van der Waals surface area contributed by atoms with Gasteiger partial charge in [0.05, 0.1) is 28.4 Å². The number of aromatic nitrogens is 3. The number of rotatable bonds is 3. The van der Waals surface area contributed by atoms with E-state index in [0.29, 0.717) is 17.7 Å². The second-order valence-electron chi connectivity index (χ2n) is 8.51. The molecule has 0 saturated carbocycles. The molecule has 7 nitrogen and oxygen atoms in total. The number of carbonyl (C=O) groups is 1. The summed E-state index contributed by atoms with van der Waals surface area (Å²) in [6.45, 7) is 4.24. The van der Waals surface area contributed by atoms with Crippen LogP contribution in [0.2, 0.25) is 0 Å². The number of hydrogen-bond donors (Lipinski definition) is 1. The van der Waals surface area contributed by atoms with Crippen molar-refractivity contribution < 1.29 is 4.79 Å². The molecule has 1 amide bonds. The van der Waals surface area contributed by atoms with E-state index >= 15 is 0 Å². The quantitative estimate of drug-likeness (QED) is 0.541. The number of piperidine rings is 1. The minimum absolute atomic E-state index is 0.0148. The lowest BCUT2D eigenvalue weighted by Crippen LogP contribution is -2.45. The first-order valence-electron chi connectivity index (χ1n) is 11.0. The van der Waals surface area contributed by atoms with Gasteiger partial charge in [-0.3, -0.25) is 4.79 Å². The Balaban J connectivity index is 1.58. The zero-order valence-electron chi connectivity index (χ0n) is 18.4. The molecule has 0 bridgehead atoms. The Bertz CT molecular complexity index is 1390. The number of benzene rings is 2. The van der Waals surface area contributed by atoms with E-state index in [9.17, 15) is 10.1 Å². The predicted molar refractivity (Wildman–Crippen MR) is 125 cm³/mol. The second kappa shape index (κ2) is 7.81. The van der Waals surface area contributed by atoms with Crippen molar-refractivity contribution in [3.05, 3.63) is 53.6 Å². The first-order valence-corrected chi connectivity index (χ1v) is 11.0. The summed E-state index contributed by atoms with van der Waals surface area (Å²) in [6.07, 6.45) is 1.91. The fraction of sp³-hybridized carbons (Fsp3) is 0.320. The van der Waals surface area contributed by atoms with Gasteiger partial charge in [0, 0.05) is 49.2 Å². The average molecular weight is 427 g/mol. The van der Waals surface area contributed by atoms with Crippen LogP contribution in [0.5, 0.6) is 0 Å². The second-order valence-corrected chi connectivity index (χ2v) is 8.51. The number of nitrogens with two attached hydrogens (primary N) is 1. The minimum Gasteiger partial charge on any atom is -0.338 e. The van der Waals surface area contributed by atoms with Crippen LogP contribution in [0.15, 0.2) is 42.5 Å². The highest BCUT2D eigenvalue weighted by molar-refractivity contribution is 5.98. The summed E-state index contributed by atoms with van der Waals surface area (Å²) in [5, 5.41) is 10.3. The van der Waals surface area contributed by atoms with Gasteiger partial charge < -0.3 is 19.8 Å². The molecule has 4 aromatic rings. The molecule has 0 unspecified atom stereocenters. The van der Waals surface area contributed by atoms with Crippen LogP contribution >= 0.6 is 0 Å². The van der Waals surface area contributed by atoms with Crippen LogP contribution in [-0.2, 0) is 13.6 Å². The molecule has 2 N–H and O–H groups in total. The van der Waals surface area contributed by atoms with E-state index in [1.807, 2.05) is 48.3 Å². The third-order valence-electron chi connectivity index (χ3n) is 6.45. The Labute approximate surface area is 186 Å². The molecule has 3 heterocycles. The first-order chi connectivity index (χ1) is 15.5. The number of likely N-dealkylation sites (tertiary alicyclic amines) is 1. The summed E-state index contributed by atoms with van der Waals surface area (Å²) in [7, 11) is 1.99. The van der Waals surface area contributed by atoms with Gasteiger partial charge in [0.2, 0.25) is 0 Å². The van der Waals surface area contributed by atoms with Crippen LogP contribution < -0.4 is 5.73 Å². The number of nitrogens with zero attached hydrogens (tertiary/aromatic N) is 5. The van der Waals surface area contributed by atoms with Crippen LogP contribution in [0, 0.1) is 11.3 Å². The molecular formula is C25H26N6O. The average Bonchev–Trinajstić information content (AvgIpc) is 3.34. The highest BCUT2D eigenvalue weighted by Gasteiger charge is 2.23. The van der Waals surface area contributed by atoms with Gasteiger partial charge in [-0.1, -0.05) is 0 Å². The van der Waals surface area contributed by atoms with Crippen LogP contribution in [0.4, 0.5) is 0 Å². The third-order valence-corrected chi connectivity index (χ3v) is 6.45. The van der Waals surface area contributed by atoms with Gasteiger partial charge in [0.15, 0.2) is 5.82 Å². The topological polar surface area (TPSA) is 92.9 Å². The van der Waals surface area contributed by atoms with Gasteiger partial charge in [0.1, 0.15) is 0 Å². The molecule has 1 atom stereocenters. The van der Waals surface area contributed by atoms with E-state index in [4.69, 9.17) is 10.7 Å². The van der Waals surface area contributed by atoms with Crippen molar-refractivity contribution in [3.63, 3.8) is 0 Å². The van der Waals surface area contributed by atoms with E-state index < -0.39 is 0 Å². The molecule has 2 aromatic heterocycles. The van der Waals surface area contributed by atoms with Crippen molar-refractivity contribution in [2.24, 2.45) is 12.8 Å². The van der Waals surface area contributed by atoms with Gasteiger partial charge >= 0.3 is 0 Å². The van der Waals surface area contributed by atoms with Crippen LogP contribution in [0.3, 0.4) is 0 Å². The maximum atomic E-state index is 13.0. The molecule has 0 radical (unpaired) electrons. The summed E-state index contributed by atoms with van der Waals surface area (Å²) in [5.41, 5.74) is 11.2. The lowest BCUT2D eigenvalue weighted by molar-refractivity contribution is 0.0709. The standard InChI is InChI=1S/C25H26N6O/c1-3-31-21-8-6-16(14-26)11-18(21)13-23(31)24-28-20-12-17(7-9-22(20)29(24)2)25(32)30-10-4-5-19(27)15-30/h6-9,11-13,19H,3-5,10,15,27H2,1-2H3/t19-/m1/s1. The van der Waals surface area contributed by atoms with Crippen molar-refractivity contribution in [3.8, 4) is 17.6 Å². The SMILES string of the molecule is CCn1c(-c2nc3cc(C(=O)N4CCC[C@@H](N)C4)ccc3n2C)cc2cc(C#N)ccc21. The van der Waals surface area contributed by atoms with E-state index in [-0.39, 0.29) is 11.9 Å². The van der Waals surface area contributed by atoms with Gasteiger partial charge in [-0.15, -0.1) is 0 Å². The Morgan fingerprint density at radius 1 is 1.22 bits per heavy atom. The number of aryl methyl sites for hydroxylation is 2. The Hall–Kier alpha value is -3.63. The van der Waals surface area contributed by atoms with E-state index in [2.05, 4.69) is 28.2 Å². The molecule has 1 fully saturated rings. The summed E-state index contributed by atoms with van der Waals surface area (Å²) in [6, 6.07) is 15.8. The maximum absolute atomic E-state index is 13.0. The molecule has 32 heavy (non-hydrogen) atoms. The molecule has 5 rings (SSSR count). The van der Waals surface area contributed by atoms with Crippen LogP contribution in [0.1, 0.15) is 35.7 Å². The highest BCUT2D eigenvalue weighted by Crippen LogP contribution is 2.31. The number of hydrogen-bond acceptors (Lipinski definition) is 4. The van der Waals surface area contributed by atoms with Crippen molar-refractivity contribution >= 4 is 27.8 Å². The Morgan fingerprint density at radius 2 is 2.03 bits per heavy atom. The Kier molecular flexibility index (Phi) is 4.95. The summed E-state index contributed by atoms with van der Waals surface area (Å²) < 4.78 is 4.27. The van der Waals surface area contributed by atoms with Crippen molar-refractivity contribution in [1.82, 2.24) is 19.0 Å². The van der Waals surface area contributed by atoms with Crippen molar-refractivity contribution in [2.75, 3.05) is 13.1 Å². The molecule has 1 aliphatic heterocycles. The largest absolute Gasteiger partial charge is 0.338 e. The fourth-order valence-electron chi connectivity index (χ4n) is 4.81. The van der Waals surface area contributed by atoms with E-state index in [1.54, 1.807) is 0 Å². The molecule has 162 valence electrons. The van der Waals surface area contributed by atoms with E-state index in [0.717, 1.165) is 59.4 Å². The maximum Gasteiger partial charge on any atom is 0.253 e. The van der Waals surface area contributed by atoms with Crippen LogP contribution in [0.25, 0.3) is 33.5 Å². The first kappa shape index (κ1) is 20.3. The molecule has 1 saturated heterocycles. The summed E-state index contributed by atoms with van der Waals surface area (Å²) >= 11 is 0. The number of amides is 1. The monoisotopic (exact) mass is 426 g/mol. The zero-order valence-corrected chi connectivity index (χ0v) is 18.4. The number of imidazole rings is 1. The molecule has 0 aliphatic carbocycles. The van der Waals surface area contributed by atoms with Gasteiger partial charge in [-0.25, -0.2) is 4.98 Å². The molecule has 0 spiro atoms. The highest BCUT2D eigenvalue weighted by atomic mass is 16.2. The molecule has 7 heteroatoms. The fourth-order valence-corrected chi connectivity index (χ4v) is 4.81. The van der Waals surface area contributed by atoms with Crippen molar-refractivity contribution in [1.29, 1.82) is 5.26 Å². The molecule has 1 aliphatic rings. The summed E-state index contributed by atoms with van der Waals surface area (Å²) in [5.74, 6) is 0.849. The number of fused-ring (bicyclic) bond motifs is 2. The summed E-state index contributed by atoms with van der Waals surface area (Å²) in [4.78, 5) is 19.8. The lowest BCUT2D eigenvalue weighted by atomic mass is 10.1.